The lowest BCUT2D eigenvalue weighted by Gasteiger charge is -2.22. The maximum Gasteiger partial charge on any atom is 0.194 e. The van der Waals surface area contributed by atoms with E-state index < -0.39 is 0 Å². The predicted octanol–water partition coefficient (Wildman–Crippen LogP) is 2.33. The number of aromatic nitrogens is 5. The van der Waals surface area contributed by atoms with Gasteiger partial charge < -0.3 is 10.2 Å². The molecule has 8 nitrogen and oxygen atoms in total. The van der Waals surface area contributed by atoms with E-state index >= 15 is 0 Å². The summed E-state index contributed by atoms with van der Waals surface area (Å²) in [4.78, 5) is 6.50. The Morgan fingerprint density at radius 3 is 2.68 bits per heavy atom. The Balaban J connectivity index is 1.68. The van der Waals surface area contributed by atoms with Crippen molar-refractivity contribution >= 4 is 5.96 Å². The van der Waals surface area contributed by atoms with Crippen molar-refractivity contribution in [2.45, 2.75) is 32.9 Å². The van der Waals surface area contributed by atoms with Gasteiger partial charge in [-0.05, 0) is 18.1 Å². The zero-order valence-electron chi connectivity index (χ0n) is 17.2. The molecule has 0 saturated heterocycles. The summed E-state index contributed by atoms with van der Waals surface area (Å²) in [6, 6.07) is 10.1. The molecule has 28 heavy (non-hydrogen) atoms. The molecule has 3 rings (SSSR count). The van der Waals surface area contributed by atoms with Crippen LogP contribution in [0.4, 0.5) is 0 Å². The first kappa shape index (κ1) is 19.6. The van der Waals surface area contributed by atoms with Gasteiger partial charge in [-0.25, -0.2) is 0 Å². The van der Waals surface area contributed by atoms with Gasteiger partial charge in [-0.15, -0.1) is 10.2 Å². The molecule has 148 valence electrons. The zero-order chi connectivity index (χ0) is 20.1. The van der Waals surface area contributed by atoms with Crippen LogP contribution in [0.2, 0.25) is 0 Å². The summed E-state index contributed by atoms with van der Waals surface area (Å²) >= 11 is 0. The molecule has 8 heteroatoms. The molecule has 0 saturated carbocycles. The monoisotopic (exact) mass is 380 g/mol. The van der Waals surface area contributed by atoms with Crippen LogP contribution in [0.25, 0.3) is 5.69 Å². The second-order valence-electron chi connectivity index (χ2n) is 7.08. The number of para-hydroxylation sites is 1. The highest BCUT2D eigenvalue weighted by atomic mass is 15.3. The summed E-state index contributed by atoms with van der Waals surface area (Å²) in [7, 11) is 5.76. The largest absolute Gasteiger partial charge is 0.349 e. The lowest BCUT2D eigenvalue weighted by atomic mass is 10.1. The summed E-state index contributed by atoms with van der Waals surface area (Å²) in [5.41, 5.74) is 3.36. The average molecular weight is 381 g/mol. The first-order chi connectivity index (χ1) is 13.5. The standard InChI is InChI=1S/C20H28N8/c1-15(2)19-16(13-27(5)25-19)12-26(4)20(21-3)22-11-18-24-23-14-28(18)17-9-7-6-8-10-17/h6-10,13-15H,11-12H2,1-5H3,(H,21,22). The molecule has 0 aliphatic carbocycles. The Bertz CT molecular complexity index is 923. The first-order valence-corrected chi connectivity index (χ1v) is 9.38. The Labute approximate surface area is 165 Å². The van der Waals surface area contributed by atoms with Gasteiger partial charge in [-0.3, -0.25) is 14.2 Å². The third kappa shape index (κ3) is 4.39. The molecule has 0 amide bonds. The Morgan fingerprint density at radius 1 is 1.25 bits per heavy atom. The number of hydrogen-bond donors (Lipinski definition) is 1. The lowest BCUT2D eigenvalue weighted by Crippen LogP contribution is -2.38. The number of rotatable bonds is 6. The molecule has 1 N–H and O–H groups in total. The Morgan fingerprint density at radius 2 is 2.00 bits per heavy atom. The zero-order valence-corrected chi connectivity index (χ0v) is 17.2. The van der Waals surface area contributed by atoms with Crippen molar-refractivity contribution in [3.8, 4) is 5.69 Å². The normalized spacial score (nSPS) is 11.9. The molecule has 0 bridgehead atoms. The van der Waals surface area contributed by atoms with Gasteiger partial charge in [0.25, 0.3) is 0 Å². The first-order valence-electron chi connectivity index (χ1n) is 9.38. The number of benzene rings is 1. The van der Waals surface area contributed by atoms with Gasteiger partial charge >= 0.3 is 0 Å². The van der Waals surface area contributed by atoms with E-state index in [1.807, 2.05) is 53.7 Å². The number of guanidine groups is 1. The number of aliphatic imine (C=N–C) groups is 1. The van der Waals surface area contributed by atoms with E-state index in [2.05, 4.69) is 50.5 Å². The maximum absolute atomic E-state index is 4.59. The Kier molecular flexibility index (Phi) is 6.08. The minimum atomic E-state index is 0.379. The van der Waals surface area contributed by atoms with Crippen molar-refractivity contribution in [2.75, 3.05) is 14.1 Å². The summed E-state index contributed by atoms with van der Waals surface area (Å²) in [5, 5.41) is 16.3. The van der Waals surface area contributed by atoms with Gasteiger partial charge in [0, 0.05) is 45.1 Å². The van der Waals surface area contributed by atoms with E-state index in [-0.39, 0.29) is 0 Å². The van der Waals surface area contributed by atoms with E-state index in [0.717, 1.165) is 29.7 Å². The third-order valence-electron chi connectivity index (χ3n) is 4.52. The van der Waals surface area contributed by atoms with Crippen LogP contribution in [0, 0.1) is 0 Å². The van der Waals surface area contributed by atoms with Crippen LogP contribution in [0.15, 0.2) is 47.8 Å². The molecule has 2 heterocycles. The van der Waals surface area contributed by atoms with Gasteiger partial charge in [0.15, 0.2) is 11.8 Å². The second kappa shape index (κ2) is 8.69. The highest BCUT2D eigenvalue weighted by Crippen LogP contribution is 2.18. The fraction of sp³-hybridized carbons (Fsp3) is 0.400. The van der Waals surface area contributed by atoms with Crippen LogP contribution in [-0.2, 0) is 20.1 Å². The fourth-order valence-corrected chi connectivity index (χ4v) is 3.22. The van der Waals surface area contributed by atoms with Crippen LogP contribution < -0.4 is 5.32 Å². The second-order valence-corrected chi connectivity index (χ2v) is 7.08. The van der Waals surface area contributed by atoms with E-state index in [4.69, 9.17) is 0 Å². The van der Waals surface area contributed by atoms with Gasteiger partial charge in [0.2, 0.25) is 0 Å². The van der Waals surface area contributed by atoms with Crippen molar-refractivity contribution < 1.29 is 0 Å². The van der Waals surface area contributed by atoms with Crippen molar-refractivity contribution in [1.29, 1.82) is 0 Å². The van der Waals surface area contributed by atoms with Crippen molar-refractivity contribution in [1.82, 2.24) is 34.8 Å². The molecule has 3 aromatic rings. The Hall–Kier alpha value is -3.16. The van der Waals surface area contributed by atoms with Gasteiger partial charge in [0.05, 0.1) is 12.2 Å². The molecule has 0 fully saturated rings. The van der Waals surface area contributed by atoms with Gasteiger partial charge in [-0.1, -0.05) is 32.0 Å². The van der Waals surface area contributed by atoms with Crippen LogP contribution in [0.5, 0.6) is 0 Å². The van der Waals surface area contributed by atoms with Crippen LogP contribution in [0.3, 0.4) is 0 Å². The SMILES string of the molecule is CN=C(NCc1nncn1-c1ccccc1)N(C)Cc1cn(C)nc1C(C)C. The van der Waals surface area contributed by atoms with Crippen molar-refractivity contribution in [3.05, 3.63) is 59.9 Å². The van der Waals surface area contributed by atoms with E-state index in [9.17, 15) is 0 Å². The molecule has 0 aliphatic rings. The molecule has 0 spiro atoms. The minimum Gasteiger partial charge on any atom is -0.349 e. The van der Waals surface area contributed by atoms with Gasteiger partial charge in [0.1, 0.15) is 6.33 Å². The van der Waals surface area contributed by atoms with Gasteiger partial charge in [-0.2, -0.15) is 5.10 Å². The number of aryl methyl sites for hydroxylation is 1. The molecule has 1 aromatic carbocycles. The molecule has 2 aromatic heterocycles. The topological polar surface area (TPSA) is 76.2 Å². The summed E-state index contributed by atoms with van der Waals surface area (Å²) in [6.07, 6.45) is 3.80. The van der Waals surface area contributed by atoms with E-state index in [0.29, 0.717) is 12.5 Å². The molecule has 0 radical (unpaired) electrons. The minimum absolute atomic E-state index is 0.379. The smallest absolute Gasteiger partial charge is 0.194 e. The summed E-state index contributed by atoms with van der Waals surface area (Å²) in [6.45, 7) is 5.58. The fourth-order valence-electron chi connectivity index (χ4n) is 3.22. The molecular formula is C20H28N8. The number of nitrogens with zero attached hydrogens (tertiary/aromatic N) is 7. The molecule has 0 aliphatic heterocycles. The van der Waals surface area contributed by atoms with Crippen molar-refractivity contribution in [3.63, 3.8) is 0 Å². The van der Waals surface area contributed by atoms with E-state index in [1.165, 1.54) is 5.56 Å². The third-order valence-corrected chi connectivity index (χ3v) is 4.52. The number of nitrogens with one attached hydrogen (secondary N) is 1. The van der Waals surface area contributed by atoms with Crippen molar-refractivity contribution in [2.24, 2.45) is 12.0 Å². The predicted molar refractivity (Wildman–Crippen MR) is 110 cm³/mol. The molecule has 0 atom stereocenters. The highest BCUT2D eigenvalue weighted by molar-refractivity contribution is 5.79. The maximum atomic E-state index is 4.59. The number of hydrogen-bond acceptors (Lipinski definition) is 4. The van der Waals surface area contributed by atoms with Crippen LogP contribution in [0.1, 0.15) is 36.8 Å². The summed E-state index contributed by atoms with van der Waals surface area (Å²) in [5.74, 6) is 2.00. The van der Waals surface area contributed by atoms with E-state index in [1.54, 1.807) is 13.4 Å². The lowest BCUT2D eigenvalue weighted by molar-refractivity contribution is 0.471. The molecular weight excluding hydrogens is 352 g/mol. The molecule has 0 unspecified atom stereocenters. The quantitative estimate of drug-likeness (QED) is 0.525. The van der Waals surface area contributed by atoms with Crippen LogP contribution in [-0.4, -0.2) is 49.5 Å². The summed E-state index contributed by atoms with van der Waals surface area (Å²) < 4.78 is 3.84. The highest BCUT2D eigenvalue weighted by Gasteiger charge is 2.15. The van der Waals surface area contributed by atoms with Crippen LogP contribution >= 0.6 is 0 Å². The average Bonchev–Trinajstić information content (AvgIpc) is 3.29.